The first-order valence-electron chi connectivity index (χ1n) is 5.91. The Kier molecular flexibility index (Phi) is 4.52. The lowest BCUT2D eigenvalue weighted by atomic mass is 10.3. The number of nitrogens with one attached hydrogen (secondary N) is 2. The van der Waals surface area contributed by atoms with Crippen LogP contribution >= 0.6 is 0 Å². The summed E-state index contributed by atoms with van der Waals surface area (Å²) in [6.07, 6.45) is 1.79. The Morgan fingerprint density at radius 2 is 2.29 bits per heavy atom. The predicted octanol–water partition coefficient (Wildman–Crippen LogP) is -0.0555. The number of ether oxygens (including phenoxy) is 1. The van der Waals surface area contributed by atoms with Gasteiger partial charge in [-0.15, -0.1) is 0 Å². The molecule has 1 fully saturated rings. The average Bonchev–Trinajstić information content (AvgIpc) is 2.41. The van der Waals surface area contributed by atoms with Crippen molar-refractivity contribution >= 4 is 11.8 Å². The maximum atomic E-state index is 4.97. The topological polar surface area (TPSA) is 62.3 Å². The molecular formula is C11H19N5O. The number of rotatable bonds is 5. The fraction of sp³-hybridized carbons (Fsp3) is 0.636. The molecule has 0 aliphatic carbocycles. The molecule has 6 nitrogen and oxygen atoms in total. The zero-order valence-electron chi connectivity index (χ0n) is 10.1. The molecule has 1 aliphatic heterocycles. The standard InChI is InChI=1S/C11H19N5O/c1-17-9-6-14-11-13-3-2-10(15-11)16-7-4-12-5-8-16/h2-3,12H,4-9H2,1H3,(H,13,14,15). The Balaban J connectivity index is 1.95. The summed E-state index contributed by atoms with van der Waals surface area (Å²) in [6.45, 7) is 5.39. The molecule has 0 atom stereocenters. The van der Waals surface area contributed by atoms with Crippen molar-refractivity contribution in [3.63, 3.8) is 0 Å². The van der Waals surface area contributed by atoms with E-state index in [4.69, 9.17) is 4.74 Å². The number of aromatic nitrogens is 2. The normalized spacial score (nSPS) is 15.9. The van der Waals surface area contributed by atoms with Crippen LogP contribution in [0.3, 0.4) is 0 Å². The summed E-state index contributed by atoms with van der Waals surface area (Å²) in [5.74, 6) is 1.65. The van der Waals surface area contributed by atoms with Gasteiger partial charge in [-0.25, -0.2) is 4.98 Å². The molecule has 0 amide bonds. The maximum absolute atomic E-state index is 4.97. The number of methoxy groups -OCH3 is 1. The largest absolute Gasteiger partial charge is 0.383 e. The second-order valence-electron chi connectivity index (χ2n) is 3.90. The fourth-order valence-corrected chi connectivity index (χ4v) is 1.77. The molecule has 0 unspecified atom stereocenters. The zero-order valence-corrected chi connectivity index (χ0v) is 10.1. The first-order valence-corrected chi connectivity index (χ1v) is 5.91. The summed E-state index contributed by atoms with van der Waals surface area (Å²) in [5, 5.41) is 6.46. The van der Waals surface area contributed by atoms with Gasteiger partial charge in [0.1, 0.15) is 5.82 Å². The quantitative estimate of drug-likeness (QED) is 0.700. The lowest BCUT2D eigenvalue weighted by Crippen LogP contribution is -2.43. The number of piperazine rings is 1. The van der Waals surface area contributed by atoms with Crippen molar-refractivity contribution in [2.75, 3.05) is 56.7 Å². The molecule has 0 bridgehead atoms. The molecule has 94 valence electrons. The van der Waals surface area contributed by atoms with E-state index in [-0.39, 0.29) is 0 Å². The molecule has 1 aromatic heterocycles. The lowest BCUT2D eigenvalue weighted by molar-refractivity contribution is 0.210. The van der Waals surface area contributed by atoms with E-state index < -0.39 is 0 Å². The summed E-state index contributed by atoms with van der Waals surface area (Å²) in [6, 6.07) is 1.95. The molecule has 17 heavy (non-hydrogen) atoms. The van der Waals surface area contributed by atoms with E-state index in [0.29, 0.717) is 12.6 Å². The van der Waals surface area contributed by atoms with Gasteiger partial charge in [0.05, 0.1) is 6.61 Å². The highest BCUT2D eigenvalue weighted by molar-refractivity contribution is 5.42. The molecular weight excluding hydrogens is 218 g/mol. The average molecular weight is 237 g/mol. The Bertz CT molecular complexity index is 340. The van der Waals surface area contributed by atoms with Gasteiger partial charge in [-0.3, -0.25) is 0 Å². The summed E-state index contributed by atoms with van der Waals surface area (Å²) < 4.78 is 4.97. The molecule has 2 heterocycles. The van der Waals surface area contributed by atoms with Crippen LogP contribution < -0.4 is 15.5 Å². The van der Waals surface area contributed by atoms with Crippen LogP contribution in [0, 0.1) is 0 Å². The summed E-state index contributed by atoms with van der Waals surface area (Å²) in [7, 11) is 1.68. The van der Waals surface area contributed by atoms with Crippen LogP contribution in [0.15, 0.2) is 12.3 Å². The van der Waals surface area contributed by atoms with Crippen LogP contribution in [0.25, 0.3) is 0 Å². The third-order valence-corrected chi connectivity index (χ3v) is 2.67. The molecule has 0 radical (unpaired) electrons. The van der Waals surface area contributed by atoms with Gasteiger partial charge in [-0.05, 0) is 6.07 Å². The van der Waals surface area contributed by atoms with Gasteiger partial charge in [0.15, 0.2) is 0 Å². The highest BCUT2D eigenvalue weighted by atomic mass is 16.5. The highest BCUT2D eigenvalue weighted by Gasteiger charge is 2.11. The first-order chi connectivity index (χ1) is 8.40. The maximum Gasteiger partial charge on any atom is 0.224 e. The van der Waals surface area contributed by atoms with Crippen LogP contribution in [0.2, 0.25) is 0 Å². The molecule has 1 aromatic rings. The van der Waals surface area contributed by atoms with Crippen molar-refractivity contribution in [1.82, 2.24) is 15.3 Å². The number of anilines is 2. The summed E-state index contributed by atoms with van der Waals surface area (Å²) >= 11 is 0. The first kappa shape index (κ1) is 12.1. The molecule has 0 aromatic carbocycles. The molecule has 0 spiro atoms. The van der Waals surface area contributed by atoms with E-state index >= 15 is 0 Å². The highest BCUT2D eigenvalue weighted by Crippen LogP contribution is 2.12. The van der Waals surface area contributed by atoms with E-state index in [9.17, 15) is 0 Å². The van der Waals surface area contributed by atoms with Crippen LogP contribution in [0.4, 0.5) is 11.8 Å². The van der Waals surface area contributed by atoms with E-state index in [1.807, 2.05) is 6.07 Å². The zero-order chi connectivity index (χ0) is 11.9. The molecule has 2 rings (SSSR count). The van der Waals surface area contributed by atoms with Gasteiger partial charge >= 0.3 is 0 Å². The van der Waals surface area contributed by atoms with Crippen molar-refractivity contribution in [2.45, 2.75) is 0 Å². The lowest BCUT2D eigenvalue weighted by Gasteiger charge is -2.28. The van der Waals surface area contributed by atoms with Crippen molar-refractivity contribution in [2.24, 2.45) is 0 Å². The van der Waals surface area contributed by atoms with Gasteiger partial charge in [-0.1, -0.05) is 0 Å². The third kappa shape index (κ3) is 3.54. The second-order valence-corrected chi connectivity index (χ2v) is 3.90. The second kappa shape index (κ2) is 6.36. The van der Waals surface area contributed by atoms with Crippen LogP contribution in [0.1, 0.15) is 0 Å². The van der Waals surface area contributed by atoms with Crippen molar-refractivity contribution in [3.8, 4) is 0 Å². The minimum atomic E-state index is 0.654. The minimum absolute atomic E-state index is 0.654. The Morgan fingerprint density at radius 1 is 1.47 bits per heavy atom. The molecule has 6 heteroatoms. The van der Waals surface area contributed by atoms with Crippen molar-refractivity contribution in [1.29, 1.82) is 0 Å². The van der Waals surface area contributed by atoms with Crippen molar-refractivity contribution in [3.05, 3.63) is 12.3 Å². The van der Waals surface area contributed by atoms with Gasteiger partial charge in [-0.2, -0.15) is 4.98 Å². The van der Waals surface area contributed by atoms with Crippen LogP contribution in [-0.4, -0.2) is 56.4 Å². The minimum Gasteiger partial charge on any atom is -0.383 e. The van der Waals surface area contributed by atoms with Gasteiger partial charge in [0.2, 0.25) is 5.95 Å². The molecule has 0 saturated carbocycles. The number of hydrogen-bond donors (Lipinski definition) is 2. The van der Waals surface area contributed by atoms with Gasteiger partial charge in [0.25, 0.3) is 0 Å². The van der Waals surface area contributed by atoms with E-state index in [2.05, 4.69) is 25.5 Å². The van der Waals surface area contributed by atoms with Crippen LogP contribution in [0.5, 0.6) is 0 Å². The number of hydrogen-bond acceptors (Lipinski definition) is 6. The van der Waals surface area contributed by atoms with E-state index in [1.165, 1.54) is 0 Å². The Morgan fingerprint density at radius 3 is 3.06 bits per heavy atom. The Labute approximate surface area is 101 Å². The summed E-state index contributed by atoms with van der Waals surface area (Å²) in [5.41, 5.74) is 0. The summed E-state index contributed by atoms with van der Waals surface area (Å²) in [4.78, 5) is 10.9. The van der Waals surface area contributed by atoms with Gasteiger partial charge in [0, 0.05) is 46.0 Å². The van der Waals surface area contributed by atoms with E-state index in [1.54, 1.807) is 13.3 Å². The monoisotopic (exact) mass is 237 g/mol. The van der Waals surface area contributed by atoms with Crippen molar-refractivity contribution < 1.29 is 4.74 Å². The molecule has 1 saturated heterocycles. The third-order valence-electron chi connectivity index (χ3n) is 2.67. The molecule has 2 N–H and O–H groups in total. The smallest absolute Gasteiger partial charge is 0.224 e. The number of nitrogens with zero attached hydrogens (tertiary/aromatic N) is 3. The molecule has 1 aliphatic rings. The van der Waals surface area contributed by atoms with E-state index in [0.717, 1.165) is 38.5 Å². The van der Waals surface area contributed by atoms with Gasteiger partial charge < -0.3 is 20.3 Å². The SMILES string of the molecule is COCCNc1nccc(N2CCNCC2)n1. The Hall–Kier alpha value is -1.40. The predicted molar refractivity (Wildman–Crippen MR) is 67.5 cm³/mol. The van der Waals surface area contributed by atoms with Crippen LogP contribution in [-0.2, 0) is 4.74 Å². The fourth-order valence-electron chi connectivity index (χ4n) is 1.77.